The van der Waals surface area contributed by atoms with Gasteiger partial charge in [-0.25, -0.2) is 0 Å². The zero-order valence-corrected chi connectivity index (χ0v) is 10.3. The van der Waals surface area contributed by atoms with E-state index >= 15 is 0 Å². The Morgan fingerprint density at radius 2 is 1.94 bits per heavy atom. The third-order valence-electron chi connectivity index (χ3n) is 3.31. The van der Waals surface area contributed by atoms with Crippen molar-refractivity contribution in [3.8, 4) is 0 Å². The Kier molecular flexibility index (Phi) is 3.45. The summed E-state index contributed by atoms with van der Waals surface area (Å²) < 4.78 is 6.00. The molecule has 0 radical (unpaired) electrons. The van der Waals surface area contributed by atoms with Gasteiger partial charge in [-0.1, -0.05) is 48.9 Å². The molecule has 0 N–H and O–H groups in total. The first-order chi connectivity index (χ1) is 7.66. The summed E-state index contributed by atoms with van der Waals surface area (Å²) in [6.45, 7) is 6.57. The summed E-state index contributed by atoms with van der Waals surface area (Å²) in [6.07, 6.45) is 3.85. The van der Waals surface area contributed by atoms with Crippen LogP contribution in [0.2, 0.25) is 0 Å². The average Bonchev–Trinajstić information content (AvgIpc) is 2.28. The fraction of sp³-hybridized carbons (Fsp3) is 0.467. The molecule has 1 aliphatic rings. The molecule has 1 heterocycles. The summed E-state index contributed by atoms with van der Waals surface area (Å²) in [4.78, 5) is 0. The minimum Gasteiger partial charge on any atom is -0.370 e. The zero-order valence-electron chi connectivity index (χ0n) is 10.3. The molecule has 0 amide bonds. The molecule has 0 unspecified atom stereocenters. The highest BCUT2D eigenvalue weighted by molar-refractivity contribution is 5.21. The van der Waals surface area contributed by atoms with E-state index in [2.05, 4.69) is 57.2 Å². The van der Waals surface area contributed by atoms with E-state index in [1.54, 1.807) is 0 Å². The lowest BCUT2D eigenvalue weighted by Gasteiger charge is -2.31. The second-order valence-corrected chi connectivity index (χ2v) is 4.80. The van der Waals surface area contributed by atoms with Gasteiger partial charge in [0.15, 0.2) is 0 Å². The van der Waals surface area contributed by atoms with Gasteiger partial charge < -0.3 is 4.74 Å². The molecule has 0 saturated carbocycles. The third-order valence-corrected chi connectivity index (χ3v) is 3.31. The maximum Gasteiger partial charge on any atom is 0.0734 e. The fourth-order valence-corrected chi connectivity index (χ4v) is 2.42. The molecule has 2 rings (SSSR count). The van der Waals surface area contributed by atoms with E-state index in [9.17, 15) is 0 Å². The van der Waals surface area contributed by atoms with Crippen LogP contribution in [0.5, 0.6) is 0 Å². The molecule has 3 atom stereocenters. The summed E-state index contributed by atoms with van der Waals surface area (Å²) in [5.74, 6) is 0.465. The molecular formula is C15H20O. The number of hydrogen-bond acceptors (Lipinski definition) is 1. The molecule has 0 bridgehead atoms. The van der Waals surface area contributed by atoms with Gasteiger partial charge in [-0.2, -0.15) is 0 Å². The topological polar surface area (TPSA) is 9.23 Å². The van der Waals surface area contributed by atoms with Gasteiger partial charge in [-0.05, 0) is 25.8 Å². The molecule has 0 fully saturated rings. The molecule has 1 nitrogen and oxygen atoms in total. The Hall–Kier alpha value is -1.08. The number of hydrogen-bond donors (Lipinski definition) is 0. The zero-order chi connectivity index (χ0) is 11.5. The van der Waals surface area contributed by atoms with E-state index in [0.29, 0.717) is 12.0 Å². The van der Waals surface area contributed by atoms with Crippen LogP contribution in [0, 0.1) is 0 Å². The van der Waals surface area contributed by atoms with Crippen molar-refractivity contribution in [3.05, 3.63) is 47.5 Å². The maximum absolute atomic E-state index is 6.00. The normalized spacial score (nSPS) is 27.3. The highest BCUT2D eigenvalue weighted by Gasteiger charge is 2.24. The Balaban J connectivity index is 2.12. The second kappa shape index (κ2) is 4.84. The van der Waals surface area contributed by atoms with Gasteiger partial charge in [0.25, 0.3) is 0 Å². The molecule has 0 aromatic heterocycles. The minimum atomic E-state index is 0.255. The SMILES string of the molecule is CC1=C[C@H](C)O[C@H]([C@@H](C)c2ccccc2)C1. The van der Waals surface area contributed by atoms with Crippen molar-refractivity contribution in [3.63, 3.8) is 0 Å². The first-order valence-electron chi connectivity index (χ1n) is 6.04. The van der Waals surface area contributed by atoms with Gasteiger partial charge in [0, 0.05) is 5.92 Å². The Labute approximate surface area is 98.1 Å². The largest absolute Gasteiger partial charge is 0.370 e. The molecular weight excluding hydrogens is 196 g/mol. The number of benzene rings is 1. The van der Waals surface area contributed by atoms with Crippen LogP contribution < -0.4 is 0 Å². The van der Waals surface area contributed by atoms with E-state index in [0.717, 1.165) is 6.42 Å². The molecule has 86 valence electrons. The lowest BCUT2D eigenvalue weighted by Crippen LogP contribution is -2.28. The van der Waals surface area contributed by atoms with Crippen molar-refractivity contribution < 1.29 is 4.74 Å². The van der Waals surface area contributed by atoms with Gasteiger partial charge in [0.2, 0.25) is 0 Å². The molecule has 1 heteroatoms. The summed E-state index contributed by atoms with van der Waals surface area (Å²) >= 11 is 0. The van der Waals surface area contributed by atoms with Crippen LogP contribution in [0.25, 0.3) is 0 Å². The lowest BCUT2D eigenvalue weighted by molar-refractivity contribution is -0.000553. The van der Waals surface area contributed by atoms with Gasteiger partial charge in [-0.3, -0.25) is 0 Å². The monoisotopic (exact) mass is 216 g/mol. The van der Waals surface area contributed by atoms with Crippen LogP contribution in [0.3, 0.4) is 0 Å². The highest BCUT2D eigenvalue weighted by atomic mass is 16.5. The van der Waals surface area contributed by atoms with Gasteiger partial charge in [0.05, 0.1) is 12.2 Å². The van der Waals surface area contributed by atoms with E-state index in [1.807, 2.05) is 0 Å². The van der Waals surface area contributed by atoms with Crippen molar-refractivity contribution in [1.82, 2.24) is 0 Å². The molecule has 0 aliphatic carbocycles. The summed E-state index contributed by atoms with van der Waals surface area (Å²) in [5.41, 5.74) is 2.82. The number of ether oxygens (including phenoxy) is 1. The first-order valence-corrected chi connectivity index (χ1v) is 6.04. The van der Waals surface area contributed by atoms with E-state index < -0.39 is 0 Å². The highest BCUT2D eigenvalue weighted by Crippen LogP contribution is 2.30. The first kappa shape index (κ1) is 11.4. The summed E-state index contributed by atoms with van der Waals surface area (Å²) in [6, 6.07) is 10.6. The Morgan fingerprint density at radius 3 is 2.56 bits per heavy atom. The molecule has 0 saturated heterocycles. The van der Waals surface area contributed by atoms with Crippen LogP contribution in [0.1, 0.15) is 38.7 Å². The van der Waals surface area contributed by atoms with Crippen molar-refractivity contribution in [2.75, 3.05) is 0 Å². The van der Waals surface area contributed by atoms with E-state index in [4.69, 9.17) is 4.74 Å². The predicted molar refractivity (Wildman–Crippen MR) is 67.6 cm³/mol. The number of rotatable bonds is 2. The van der Waals surface area contributed by atoms with Gasteiger partial charge in [-0.15, -0.1) is 0 Å². The summed E-state index contributed by atoms with van der Waals surface area (Å²) in [7, 11) is 0. The summed E-state index contributed by atoms with van der Waals surface area (Å²) in [5, 5.41) is 0. The van der Waals surface area contributed by atoms with Gasteiger partial charge in [0.1, 0.15) is 0 Å². The van der Waals surface area contributed by atoms with Crippen LogP contribution in [0.4, 0.5) is 0 Å². The smallest absolute Gasteiger partial charge is 0.0734 e. The van der Waals surface area contributed by atoms with Crippen LogP contribution >= 0.6 is 0 Å². The van der Waals surface area contributed by atoms with Crippen molar-refractivity contribution in [2.24, 2.45) is 0 Å². The predicted octanol–water partition coefficient (Wildman–Crippen LogP) is 3.91. The Morgan fingerprint density at radius 1 is 1.25 bits per heavy atom. The maximum atomic E-state index is 6.00. The minimum absolute atomic E-state index is 0.255. The van der Waals surface area contributed by atoms with Crippen LogP contribution in [-0.4, -0.2) is 12.2 Å². The lowest BCUT2D eigenvalue weighted by atomic mass is 9.89. The molecule has 1 aromatic rings. The van der Waals surface area contributed by atoms with Crippen molar-refractivity contribution in [1.29, 1.82) is 0 Å². The van der Waals surface area contributed by atoms with E-state index in [-0.39, 0.29) is 6.10 Å². The van der Waals surface area contributed by atoms with Crippen molar-refractivity contribution >= 4 is 0 Å². The van der Waals surface area contributed by atoms with Crippen LogP contribution in [-0.2, 0) is 4.74 Å². The Bertz CT molecular complexity index is 366. The standard InChI is InChI=1S/C15H20O/c1-11-9-12(2)16-15(10-11)13(3)14-7-5-4-6-8-14/h4-9,12-13,15H,10H2,1-3H3/t12-,13-,15-/m0/s1. The molecule has 16 heavy (non-hydrogen) atoms. The quantitative estimate of drug-likeness (QED) is 0.681. The molecule has 1 aromatic carbocycles. The second-order valence-electron chi connectivity index (χ2n) is 4.80. The van der Waals surface area contributed by atoms with E-state index in [1.165, 1.54) is 11.1 Å². The van der Waals surface area contributed by atoms with Crippen molar-refractivity contribution in [2.45, 2.75) is 45.3 Å². The fourth-order valence-electron chi connectivity index (χ4n) is 2.42. The van der Waals surface area contributed by atoms with Crippen LogP contribution in [0.15, 0.2) is 42.0 Å². The third kappa shape index (κ3) is 2.53. The average molecular weight is 216 g/mol. The molecule has 0 spiro atoms. The molecule has 1 aliphatic heterocycles. The van der Waals surface area contributed by atoms with Gasteiger partial charge >= 0.3 is 0 Å².